The van der Waals surface area contributed by atoms with Crippen LogP contribution in [0.5, 0.6) is 5.75 Å². The highest BCUT2D eigenvalue weighted by molar-refractivity contribution is 7.91. The molecule has 0 saturated heterocycles. The minimum Gasteiger partial charge on any atom is -0.461 e. The van der Waals surface area contributed by atoms with Crippen LogP contribution in [0, 0.1) is 0 Å². The number of fused-ring (bicyclic) bond motifs is 3. The summed E-state index contributed by atoms with van der Waals surface area (Å²) in [6.07, 6.45) is 3.98. The molecule has 4 rings (SSSR count). The predicted molar refractivity (Wildman–Crippen MR) is 105 cm³/mol. The van der Waals surface area contributed by atoms with E-state index in [1.54, 1.807) is 18.2 Å². The zero-order valence-electron chi connectivity index (χ0n) is 15.3. The maximum Gasteiger partial charge on any atom is 0.339 e. The molecular weight excluding hydrogens is 400 g/mol. The van der Waals surface area contributed by atoms with Crippen molar-refractivity contribution in [1.82, 2.24) is 0 Å². The quantitative estimate of drug-likeness (QED) is 0.582. The summed E-state index contributed by atoms with van der Waals surface area (Å²) in [5, 5.41) is 0.881. The normalized spacial score (nSPS) is 14.8. The van der Waals surface area contributed by atoms with E-state index in [4.69, 9.17) is 8.60 Å². The minimum atomic E-state index is -4.08. The van der Waals surface area contributed by atoms with Crippen molar-refractivity contribution in [3.63, 3.8) is 0 Å². The van der Waals surface area contributed by atoms with Crippen molar-refractivity contribution < 1.29 is 25.4 Å². The van der Waals surface area contributed by atoms with Crippen LogP contribution in [0.15, 0.2) is 56.7 Å². The van der Waals surface area contributed by atoms with E-state index < -0.39 is 20.0 Å². The first-order chi connectivity index (χ1) is 13.3. The maximum atomic E-state index is 12.6. The average Bonchev–Trinajstić information content (AvgIpc) is 3.06. The van der Waals surface area contributed by atoms with Gasteiger partial charge in [-0.05, 0) is 61.7 Å². The molecule has 0 spiro atoms. The molecule has 0 atom stereocenters. The molecule has 6 nitrogen and oxygen atoms in total. The molecule has 0 N–H and O–H groups in total. The first kappa shape index (κ1) is 19.0. The standard InChI is InChI=1S/C20H20O6S2/c1-2-27(21,22)15-8-10-16(11-9-15)28(23,24)26-14-7-12-20-18(13-14)17-5-3-4-6-19(17)25-20/h7-13H,2-6H2,1H3. The molecule has 0 aliphatic heterocycles. The Hall–Kier alpha value is -2.32. The van der Waals surface area contributed by atoms with Crippen molar-refractivity contribution in [2.75, 3.05) is 5.75 Å². The van der Waals surface area contributed by atoms with E-state index >= 15 is 0 Å². The van der Waals surface area contributed by atoms with Gasteiger partial charge in [0, 0.05) is 17.4 Å². The van der Waals surface area contributed by atoms with Gasteiger partial charge in [0.25, 0.3) is 0 Å². The highest BCUT2D eigenvalue weighted by Gasteiger charge is 2.21. The second-order valence-corrected chi connectivity index (χ2v) is 10.6. The number of benzene rings is 2. The summed E-state index contributed by atoms with van der Waals surface area (Å²) in [7, 11) is -7.47. The van der Waals surface area contributed by atoms with Crippen molar-refractivity contribution in [2.45, 2.75) is 42.4 Å². The lowest BCUT2D eigenvalue weighted by Crippen LogP contribution is -2.10. The fourth-order valence-electron chi connectivity index (χ4n) is 3.45. The van der Waals surface area contributed by atoms with Gasteiger partial charge < -0.3 is 8.60 Å². The molecular formula is C20H20O6S2. The highest BCUT2D eigenvalue weighted by Crippen LogP contribution is 2.34. The third-order valence-electron chi connectivity index (χ3n) is 4.98. The zero-order valence-corrected chi connectivity index (χ0v) is 17.0. The molecule has 1 aromatic heterocycles. The number of rotatable bonds is 5. The molecule has 2 aromatic carbocycles. The monoisotopic (exact) mass is 420 g/mol. The van der Waals surface area contributed by atoms with Crippen LogP contribution in [0.2, 0.25) is 0 Å². The zero-order chi connectivity index (χ0) is 19.9. The molecule has 0 fully saturated rings. The smallest absolute Gasteiger partial charge is 0.339 e. The Morgan fingerprint density at radius 2 is 1.61 bits per heavy atom. The average molecular weight is 421 g/mol. The van der Waals surface area contributed by atoms with E-state index in [0.717, 1.165) is 48.0 Å². The molecule has 1 aliphatic rings. The number of sulfone groups is 1. The molecule has 1 aliphatic carbocycles. The van der Waals surface area contributed by atoms with Crippen LogP contribution in [0.1, 0.15) is 31.1 Å². The van der Waals surface area contributed by atoms with Gasteiger partial charge in [-0.25, -0.2) is 8.42 Å². The Morgan fingerprint density at radius 1 is 0.929 bits per heavy atom. The van der Waals surface area contributed by atoms with Crippen molar-refractivity contribution in [1.29, 1.82) is 0 Å². The lowest BCUT2D eigenvalue weighted by atomic mass is 9.96. The molecule has 8 heteroatoms. The second kappa shape index (κ2) is 6.93. The molecule has 0 saturated carbocycles. The number of hydrogen-bond donors (Lipinski definition) is 0. The predicted octanol–water partition coefficient (Wildman–Crippen LogP) is 3.87. The Balaban J connectivity index is 1.64. The fourth-order valence-corrected chi connectivity index (χ4v) is 5.26. The Kier molecular flexibility index (Phi) is 4.71. The van der Waals surface area contributed by atoms with Gasteiger partial charge in [0.15, 0.2) is 9.84 Å². The van der Waals surface area contributed by atoms with Gasteiger partial charge in [-0.3, -0.25) is 0 Å². The van der Waals surface area contributed by atoms with E-state index in [1.807, 2.05) is 0 Å². The summed E-state index contributed by atoms with van der Waals surface area (Å²) >= 11 is 0. The third-order valence-corrected chi connectivity index (χ3v) is 8.00. The summed E-state index contributed by atoms with van der Waals surface area (Å²) in [4.78, 5) is -0.0164. The van der Waals surface area contributed by atoms with Gasteiger partial charge in [0.05, 0.1) is 10.6 Å². The van der Waals surface area contributed by atoms with E-state index in [9.17, 15) is 16.8 Å². The number of aryl methyl sites for hydroxylation is 2. The summed E-state index contributed by atoms with van der Waals surface area (Å²) < 4.78 is 60.1. The summed E-state index contributed by atoms with van der Waals surface area (Å²) in [6, 6.07) is 10.0. The van der Waals surface area contributed by atoms with Crippen molar-refractivity contribution in [3.05, 3.63) is 53.8 Å². The van der Waals surface area contributed by atoms with Gasteiger partial charge in [-0.1, -0.05) is 6.92 Å². The van der Waals surface area contributed by atoms with E-state index in [1.165, 1.54) is 31.2 Å². The lowest BCUT2D eigenvalue weighted by Gasteiger charge is -2.10. The number of furan rings is 1. The summed E-state index contributed by atoms with van der Waals surface area (Å²) in [5.74, 6) is 1.12. The van der Waals surface area contributed by atoms with Crippen LogP contribution in [-0.4, -0.2) is 22.6 Å². The van der Waals surface area contributed by atoms with Crippen LogP contribution in [0.3, 0.4) is 0 Å². The van der Waals surface area contributed by atoms with Crippen molar-refractivity contribution in [2.24, 2.45) is 0 Å². The minimum absolute atomic E-state index is 0.0510. The van der Waals surface area contributed by atoms with E-state index in [2.05, 4.69) is 0 Å². The number of hydrogen-bond acceptors (Lipinski definition) is 6. The molecule has 148 valence electrons. The Labute approximate surface area is 164 Å². The molecule has 3 aromatic rings. The largest absolute Gasteiger partial charge is 0.461 e. The van der Waals surface area contributed by atoms with Gasteiger partial charge in [0.2, 0.25) is 0 Å². The van der Waals surface area contributed by atoms with Crippen LogP contribution in [0.25, 0.3) is 11.0 Å². The highest BCUT2D eigenvalue weighted by atomic mass is 32.2. The van der Waals surface area contributed by atoms with Crippen molar-refractivity contribution in [3.8, 4) is 5.75 Å². The molecule has 0 unspecified atom stereocenters. The molecule has 0 bridgehead atoms. The SMILES string of the molecule is CCS(=O)(=O)c1ccc(S(=O)(=O)Oc2ccc3oc4c(c3c2)CCCC4)cc1. The van der Waals surface area contributed by atoms with Crippen LogP contribution in [0.4, 0.5) is 0 Å². The lowest BCUT2D eigenvalue weighted by molar-refractivity contribution is 0.485. The van der Waals surface area contributed by atoms with Crippen molar-refractivity contribution >= 4 is 30.9 Å². The topological polar surface area (TPSA) is 90.7 Å². The fraction of sp³-hybridized carbons (Fsp3) is 0.300. The molecule has 0 amide bonds. The van der Waals surface area contributed by atoms with E-state index in [-0.39, 0.29) is 21.3 Å². The third kappa shape index (κ3) is 3.42. The first-order valence-corrected chi connectivity index (χ1v) is 12.2. The van der Waals surface area contributed by atoms with Gasteiger partial charge in [0.1, 0.15) is 22.0 Å². The van der Waals surface area contributed by atoms with Crippen LogP contribution in [-0.2, 0) is 32.8 Å². The van der Waals surface area contributed by atoms with Gasteiger partial charge in [-0.15, -0.1) is 0 Å². The van der Waals surface area contributed by atoms with Gasteiger partial charge >= 0.3 is 10.1 Å². The molecule has 1 heterocycles. The van der Waals surface area contributed by atoms with E-state index in [0.29, 0.717) is 0 Å². The summed E-state index contributed by atoms with van der Waals surface area (Å²) in [5.41, 5.74) is 1.85. The summed E-state index contributed by atoms with van der Waals surface area (Å²) in [6.45, 7) is 1.54. The van der Waals surface area contributed by atoms with Gasteiger partial charge in [-0.2, -0.15) is 8.42 Å². The molecule has 28 heavy (non-hydrogen) atoms. The Bertz CT molecular complexity index is 1240. The molecule has 0 radical (unpaired) electrons. The maximum absolute atomic E-state index is 12.6. The first-order valence-electron chi connectivity index (χ1n) is 9.12. The van der Waals surface area contributed by atoms with Crippen LogP contribution >= 0.6 is 0 Å². The van der Waals surface area contributed by atoms with Crippen LogP contribution < -0.4 is 4.18 Å². The Morgan fingerprint density at radius 3 is 2.32 bits per heavy atom. The second-order valence-electron chi connectivity index (χ2n) is 6.78.